The number of ether oxygens (including phenoxy) is 1. The van der Waals surface area contributed by atoms with Crippen molar-refractivity contribution in [2.75, 3.05) is 44.6 Å². The van der Waals surface area contributed by atoms with E-state index in [1.54, 1.807) is 18.2 Å². The number of carbonyl (C=O) groups excluding carboxylic acids is 3. The first-order chi connectivity index (χ1) is 17.5. The molecule has 0 bridgehead atoms. The minimum Gasteiger partial charge on any atom is -0.489 e. The average Bonchev–Trinajstić information content (AvgIpc) is 3.33. The normalized spacial score (nSPS) is 22.5. The van der Waals surface area contributed by atoms with E-state index in [0.717, 1.165) is 24.4 Å². The van der Waals surface area contributed by atoms with Gasteiger partial charge in [-0.1, -0.05) is 42.5 Å². The van der Waals surface area contributed by atoms with Crippen LogP contribution in [0.5, 0.6) is 5.75 Å². The SMILES string of the molecule is CCc1nnc(NC(=O)CN2CCCC3(C/C=C\COc4ccccc4C(=O)NCCNC3=O)C2)s1. The van der Waals surface area contributed by atoms with Gasteiger partial charge in [-0.25, -0.2) is 0 Å². The average molecular weight is 513 g/mol. The fraction of sp³-hybridized carbons (Fsp3) is 0.480. The van der Waals surface area contributed by atoms with Gasteiger partial charge in [0.05, 0.1) is 17.5 Å². The van der Waals surface area contributed by atoms with Crippen LogP contribution in [0.4, 0.5) is 5.13 Å². The van der Waals surface area contributed by atoms with Gasteiger partial charge in [-0.05, 0) is 44.4 Å². The van der Waals surface area contributed by atoms with E-state index in [9.17, 15) is 14.4 Å². The van der Waals surface area contributed by atoms with Crippen LogP contribution in [0.25, 0.3) is 0 Å². The van der Waals surface area contributed by atoms with E-state index in [2.05, 4.69) is 26.1 Å². The van der Waals surface area contributed by atoms with E-state index in [1.165, 1.54) is 11.3 Å². The lowest BCUT2D eigenvalue weighted by Crippen LogP contribution is -2.53. The monoisotopic (exact) mass is 512 g/mol. The Labute approximate surface area is 214 Å². The summed E-state index contributed by atoms with van der Waals surface area (Å²) in [6.07, 6.45) is 6.66. The second kappa shape index (κ2) is 12.1. The van der Waals surface area contributed by atoms with Crippen LogP contribution in [0.3, 0.4) is 0 Å². The minimum absolute atomic E-state index is 0.0680. The van der Waals surface area contributed by atoms with Gasteiger partial charge in [0, 0.05) is 19.6 Å². The highest BCUT2D eigenvalue weighted by molar-refractivity contribution is 7.15. The van der Waals surface area contributed by atoms with Crippen molar-refractivity contribution in [3.05, 3.63) is 47.0 Å². The van der Waals surface area contributed by atoms with Crippen LogP contribution < -0.4 is 20.7 Å². The summed E-state index contributed by atoms with van der Waals surface area (Å²) < 4.78 is 5.82. The Morgan fingerprint density at radius 1 is 1.19 bits per heavy atom. The van der Waals surface area contributed by atoms with Crippen LogP contribution in [-0.2, 0) is 16.0 Å². The number of nitrogens with zero attached hydrogens (tertiary/aromatic N) is 3. The van der Waals surface area contributed by atoms with Crippen molar-refractivity contribution in [3.63, 3.8) is 0 Å². The van der Waals surface area contributed by atoms with Gasteiger partial charge in [-0.15, -0.1) is 10.2 Å². The summed E-state index contributed by atoms with van der Waals surface area (Å²) in [6, 6.07) is 7.10. The quantitative estimate of drug-likeness (QED) is 0.535. The number of anilines is 1. The van der Waals surface area contributed by atoms with Crippen LogP contribution in [0.15, 0.2) is 36.4 Å². The molecule has 3 amide bonds. The molecule has 0 aliphatic carbocycles. The second-order valence-corrected chi connectivity index (χ2v) is 10.1. The summed E-state index contributed by atoms with van der Waals surface area (Å²) in [5.74, 6) is 0.0396. The van der Waals surface area contributed by atoms with Gasteiger partial charge in [0.2, 0.25) is 16.9 Å². The zero-order valence-corrected chi connectivity index (χ0v) is 21.2. The first-order valence-corrected chi connectivity index (χ1v) is 13.1. The molecule has 1 spiro atoms. The van der Waals surface area contributed by atoms with Gasteiger partial charge in [-0.3, -0.25) is 24.6 Å². The van der Waals surface area contributed by atoms with E-state index < -0.39 is 5.41 Å². The second-order valence-electron chi connectivity index (χ2n) is 8.99. The molecule has 2 aliphatic heterocycles. The maximum absolute atomic E-state index is 13.4. The Morgan fingerprint density at radius 2 is 2.03 bits per heavy atom. The largest absolute Gasteiger partial charge is 0.489 e. The number of aromatic nitrogens is 2. The maximum atomic E-state index is 13.4. The number of rotatable bonds is 4. The Bertz CT molecular complexity index is 1120. The Balaban J connectivity index is 1.42. The Kier molecular flexibility index (Phi) is 8.65. The topological polar surface area (TPSA) is 126 Å². The lowest BCUT2D eigenvalue weighted by Gasteiger charge is -2.41. The molecule has 3 heterocycles. The molecule has 1 aromatic carbocycles. The minimum atomic E-state index is -0.667. The standard InChI is InChI=1S/C25H32N6O4S/c1-2-21-29-30-24(36-21)28-20(32)16-31-14-7-11-25(17-31)10-5-6-15-35-19-9-4-3-8-18(19)22(33)26-12-13-27-23(25)34/h3-6,8-9H,2,7,10-17H2,1H3,(H,26,33)(H,27,34)(H,28,30,32)/b6-5-. The Morgan fingerprint density at radius 3 is 2.86 bits per heavy atom. The summed E-state index contributed by atoms with van der Waals surface area (Å²) in [5.41, 5.74) is -0.203. The van der Waals surface area contributed by atoms with Crippen molar-refractivity contribution in [2.24, 2.45) is 5.41 Å². The number of para-hydroxylation sites is 1. The van der Waals surface area contributed by atoms with Crippen molar-refractivity contribution < 1.29 is 19.1 Å². The van der Waals surface area contributed by atoms with Crippen LogP contribution >= 0.6 is 11.3 Å². The number of aryl methyl sites for hydroxylation is 1. The Hall–Kier alpha value is -3.31. The number of likely N-dealkylation sites (tertiary alicyclic amines) is 1. The number of piperidine rings is 1. The zero-order chi connectivity index (χ0) is 25.4. The lowest BCUT2D eigenvalue weighted by molar-refractivity contribution is -0.135. The number of hydrogen-bond donors (Lipinski definition) is 3. The van der Waals surface area contributed by atoms with Gasteiger partial charge in [-0.2, -0.15) is 0 Å². The molecule has 11 heteroatoms. The van der Waals surface area contributed by atoms with Crippen molar-refractivity contribution in [1.29, 1.82) is 0 Å². The van der Waals surface area contributed by atoms with Gasteiger partial charge >= 0.3 is 0 Å². The lowest BCUT2D eigenvalue weighted by atomic mass is 9.76. The molecule has 1 unspecified atom stereocenters. The molecule has 1 atom stereocenters. The fourth-order valence-electron chi connectivity index (χ4n) is 4.55. The summed E-state index contributed by atoms with van der Waals surface area (Å²) in [5, 5.41) is 18.1. The summed E-state index contributed by atoms with van der Waals surface area (Å²) >= 11 is 1.37. The molecule has 10 nitrogen and oxygen atoms in total. The van der Waals surface area contributed by atoms with Gasteiger partial charge < -0.3 is 15.4 Å². The number of fused-ring (bicyclic) bond motifs is 1. The third-order valence-electron chi connectivity index (χ3n) is 6.36. The van der Waals surface area contributed by atoms with E-state index in [-0.39, 0.29) is 30.9 Å². The third kappa shape index (κ3) is 6.46. The van der Waals surface area contributed by atoms with Crippen molar-refractivity contribution in [3.8, 4) is 5.75 Å². The molecule has 3 N–H and O–H groups in total. The number of nitrogens with one attached hydrogen (secondary N) is 3. The van der Waals surface area contributed by atoms with Crippen LogP contribution in [-0.4, -0.2) is 72.1 Å². The van der Waals surface area contributed by atoms with E-state index in [4.69, 9.17) is 4.74 Å². The molecule has 1 fully saturated rings. The predicted molar refractivity (Wildman–Crippen MR) is 137 cm³/mol. The molecule has 0 radical (unpaired) electrons. The summed E-state index contributed by atoms with van der Waals surface area (Å²) in [7, 11) is 0. The molecule has 2 aliphatic rings. The number of amides is 3. The zero-order valence-electron chi connectivity index (χ0n) is 20.4. The highest BCUT2D eigenvalue weighted by atomic mass is 32.1. The molecular weight excluding hydrogens is 480 g/mol. The number of benzene rings is 1. The summed E-state index contributed by atoms with van der Waals surface area (Å²) in [6.45, 7) is 4.27. The highest BCUT2D eigenvalue weighted by Gasteiger charge is 2.41. The molecule has 0 saturated carbocycles. The number of hydrogen-bond acceptors (Lipinski definition) is 8. The molecule has 1 saturated heterocycles. The number of carbonyl (C=O) groups is 3. The van der Waals surface area contributed by atoms with Gasteiger partial charge in [0.1, 0.15) is 17.4 Å². The molecule has 4 rings (SSSR count). The highest BCUT2D eigenvalue weighted by Crippen LogP contribution is 2.34. The number of allylic oxidation sites excluding steroid dienone is 1. The van der Waals surface area contributed by atoms with Crippen molar-refractivity contribution in [1.82, 2.24) is 25.7 Å². The van der Waals surface area contributed by atoms with Crippen LogP contribution in [0, 0.1) is 5.41 Å². The van der Waals surface area contributed by atoms with E-state index in [0.29, 0.717) is 48.9 Å². The molecular formula is C25H32N6O4S. The van der Waals surface area contributed by atoms with Crippen LogP contribution in [0.1, 0.15) is 41.6 Å². The molecule has 192 valence electrons. The van der Waals surface area contributed by atoms with Gasteiger partial charge in [0.25, 0.3) is 5.91 Å². The fourth-order valence-corrected chi connectivity index (χ4v) is 5.24. The third-order valence-corrected chi connectivity index (χ3v) is 7.34. The summed E-state index contributed by atoms with van der Waals surface area (Å²) in [4.78, 5) is 40.6. The van der Waals surface area contributed by atoms with E-state index >= 15 is 0 Å². The van der Waals surface area contributed by atoms with Gasteiger partial charge in [0.15, 0.2) is 0 Å². The van der Waals surface area contributed by atoms with Crippen LogP contribution in [0.2, 0.25) is 0 Å². The van der Waals surface area contributed by atoms with E-state index in [1.807, 2.05) is 30.0 Å². The van der Waals surface area contributed by atoms with Crippen molar-refractivity contribution >= 4 is 34.2 Å². The molecule has 2 aromatic rings. The van der Waals surface area contributed by atoms with Crippen molar-refractivity contribution in [2.45, 2.75) is 32.6 Å². The molecule has 1 aromatic heterocycles. The smallest absolute Gasteiger partial charge is 0.255 e. The predicted octanol–water partition coefficient (Wildman–Crippen LogP) is 2.01. The first kappa shape index (κ1) is 25.8. The maximum Gasteiger partial charge on any atom is 0.255 e. The molecule has 36 heavy (non-hydrogen) atoms. The first-order valence-electron chi connectivity index (χ1n) is 12.3.